The number of carbonyl (C=O) groups excluding carboxylic acids is 1. The minimum atomic E-state index is -3.81. The first-order valence-corrected chi connectivity index (χ1v) is 10.2. The molecule has 1 amide bonds. The monoisotopic (exact) mass is 410 g/mol. The molecule has 1 aliphatic heterocycles. The van der Waals surface area contributed by atoms with Crippen molar-refractivity contribution in [2.75, 3.05) is 25.5 Å². The van der Waals surface area contributed by atoms with Crippen LogP contribution in [0.15, 0.2) is 41.3 Å². The molecule has 1 fully saturated rings. The van der Waals surface area contributed by atoms with Crippen LogP contribution >= 0.6 is 0 Å². The number of carbonyl (C=O) groups is 1. The Labute approximate surface area is 162 Å². The summed E-state index contributed by atoms with van der Waals surface area (Å²) in [5.74, 6) is -2.47. The Kier molecular flexibility index (Phi) is 5.95. The highest BCUT2D eigenvalue weighted by Gasteiger charge is 2.29. The number of rotatable bonds is 5. The van der Waals surface area contributed by atoms with Crippen LogP contribution in [0, 0.1) is 11.6 Å². The Morgan fingerprint density at radius 2 is 1.79 bits per heavy atom. The van der Waals surface area contributed by atoms with Gasteiger partial charge in [-0.05, 0) is 43.2 Å². The number of anilines is 1. The second kappa shape index (κ2) is 8.24. The summed E-state index contributed by atoms with van der Waals surface area (Å²) in [7, 11) is -2.45. The van der Waals surface area contributed by atoms with Crippen molar-refractivity contribution < 1.29 is 26.7 Å². The van der Waals surface area contributed by atoms with Crippen LogP contribution in [0.4, 0.5) is 14.5 Å². The molecule has 0 spiro atoms. The van der Waals surface area contributed by atoms with Crippen molar-refractivity contribution in [3.05, 3.63) is 53.6 Å². The van der Waals surface area contributed by atoms with Crippen molar-refractivity contribution in [1.82, 2.24) is 4.31 Å². The molecule has 1 heterocycles. The van der Waals surface area contributed by atoms with Crippen LogP contribution in [0.2, 0.25) is 0 Å². The Morgan fingerprint density at radius 3 is 2.43 bits per heavy atom. The lowest BCUT2D eigenvalue weighted by Gasteiger charge is -2.26. The highest BCUT2D eigenvalue weighted by molar-refractivity contribution is 7.89. The number of sulfonamides is 1. The average molecular weight is 410 g/mol. The van der Waals surface area contributed by atoms with E-state index >= 15 is 0 Å². The Balaban J connectivity index is 1.91. The second-order valence-corrected chi connectivity index (χ2v) is 8.32. The van der Waals surface area contributed by atoms with Gasteiger partial charge in [-0.2, -0.15) is 4.31 Å². The van der Waals surface area contributed by atoms with Crippen LogP contribution in [0.25, 0.3) is 0 Å². The van der Waals surface area contributed by atoms with E-state index in [4.69, 9.17) is 4.74 Å². The fraction of sp³-hybridized carbons (Fsp3) is 0.316. The molecular weight excluding hydrogens is 390 g/mol. The summed E-state index contributed by atoms with van der Waals surface area (Å²) in [6.45, 7) is 0.839. The smallest absolute Gasteiger partial charge is 0.258 e. The summed E-state index contributed by atoms with van der Waals surface area (Å²) in [6, 6.07) is 6.76. The highest BCUT2D eigenvalue weighted by atomic mass is 32.2. The van der Waals surface area contributed by atoms with Crippen LogP contribution in [-0.2, 0) is 10.0 Å². The van der Waals surface area contributed by atoms with Gasteiger partial charge in [0.15, 0.2) is 0 Å². The molecule has 0 bridgehead atoms. The summed E-state index contributed by atoms with van der Waals surface area (Å²) in [5, 5.41) is 2.45. The van der Waals surface area contributed by atoms with Gasteiger partial charge in [0.25, 0.3) is 5.91 Å². The van der Waals surface area contributed by atoms with E-state index in [1.807, 2.05) is 0 Å². The zero-order valence-corrected chi connectivity index (χ0v) is 16.1. The van der Waals surface area contributed by atoms with E-state index in [9.17, 15) is 22.0 Å². The predicted octanol–water partition coefficient (Wildman–Crippen LogP) is 3.40. The molecule has 28 heavy (non-hydrogen) atoms. The van der Waals surface area contributed by atoms with Gasteiger partial charge in [-0.1, -0.05) is 6.42 Å². The van der Waals surface area contributed by atoms with Gasteiger partial charge in [-0.25, -0.2) is 17.2 Å². The average Bonchev–Trinajstić information content (AvgIpc) is 2.68. The van der Waals surface area contributed by atoms with Crippen molar-refractivity contribution in [3.63, 3.8) is 0 Å². The SMILES string of the molecule is COc1ccc(NC(=O)c2ccc(F)cc2F)cc1S(=O)(=O)N1CCCCC1. The number of nitrogens with one attached hydrogen (secondary N) is 1. The Bertz CT molecular complexity index is 989. The third kappa shape index (κ3) is 4.15. The number of hydrogen-bond donors (Lipinski definition) is 1. The van der Waals surface area contributed by atoms with E-state index < -0.39 is 27.6 Å². The molecule has 0 aliphatic carbocycles. The van der Waals surface area contributed by atoms with Crippen LogP contribution < -0.4 is 10.1 Å². The topological polar surface area (TPSA) is 75.7 Å². The van der Waals surface area contributed by atoms with Gasteiger partial charge in [-0.15, -0.1) is 0 Å². The maximum Gasteiger partial charge on any atom is 0.258 e. The van der Waals surface area contributed by atoms with Gasteiger partial charge in [0.2, 0.25) is 10.0 Å². The summed E-state index contributed by atoms with van der Waals surface area (Å²) < 4.78 is 59.4. The standard InChI is InChI=1S/C19H20F2N2O4S/c1-27-17-8-6-14(22-19(24)15-7-5-13(20)11-16(15)21)12-18(17)28(25,26)23-9-3-2-4-10-23/h5-8,11-12H,2-4,9-10H2,1H3,(H,22,24). The number of piperidine rings is 1. The lowest BCUT2D eigenvalue weighted by Crippen LogP contribution is -2.35. The van der Waals surface area contributed by atoms with Gasteiger partial charge >= 0.3 is 0 Å². The molecule has 0 atom stereocenters. The van der Waals surface area contributed by atoms with Gasteiger partial charge in [0, 0.05) is 24.8 Å². The molecule has 3 rings (SSSR count). The van der Waals surface area contributed by atoms with E-state index in [0.717, 1.165) is 31.4 Å². The highest BCUT2D eigenvalue weighted by Crippen LogP contribution is 2.31. The van der Waals surface area contributed by atoms with Crippen LogP contribution in [-0.4, -0.2) is 38.8 Å². The van der Waals surface area contributed by atoms with Crippen LogP contribution in [0.3, 0.4) is 0 Å². The Morgan fingerprint density at radius 1 is 1.07 bits per heavy atom. The van der Waals surface area contributed by atoms with E-state index in [2.05, 4.69) is 5.32 Å². The predicted molar refractivity (Wildman–Crippen MR) is 99.9 cm³/mol. The second-order valence-electron chi connectivity index (χ2n) is 6.41. The number of nitrogens with zero attached hydrogens (tertiary/aromatic N) is 1. The molecule has 1 saturated heterocycles. The number of amides is 1. The van der Waals surface area contributed by atoms with Crippen LogP contribution in [0.1, 0.15) is 29.6 Å². The minimum Gasteiger partial charge on any atom is -0.495 e. The van der Waals surface area contributed by atoms with Gasteiger partial charge in [-0.3, -0.25) is 4.79 Å². The number of ether oxygens (including phenoxy) is 1. The molecule has 150 valence electrons. The summed E-state index contributed by atoms with van der Waals surface area (Å²) in [6.07, 6.45) is 2.53. The minimum absolute atomic E-state index is 0.0747. The summed E-state index contributed by atoms with van der Waals surface area (Å²) >= 11 is 0. The largest absolute Gasteiger partial charge is 0.495 e. The van der Waals surface area contributed by atoms with Crippen molar-refractivity contribution in [2.45, 2.75) is 24.2 Å². The van der Waals surface area contributed by atoms with Crippen molar-refractivity contribution in [1.29, 1.82) is 0 Å². The fourth-order valence-corrected chi connectivity index (χ4v) is 4.77. The number of hydrogen-bond acceptors (Lipinski definition) is 4. The molecule has 0 aromatic heterocycles. The first-order valence-electron chi connectivity index (χ1n) is 8.77. The molecule has 0 radical (unpaired) electrons. The van der Waals surface area contributed by atoms with E-state index in [0.29, 0.717) is 19.2 Å². The zero-order chi connectivity index (χ0) is 20.3. The molecule has 1 aliphatic rings. The maximum absolute atomic E-state index is 13.8. The van der Waals surface area contributed by atoms with Crippen molar-refractivity contribution in [3.8, 4) is 5.75 Å². The van der Waals surface area contributed by atoms with Gasteiger partial charge in [0.05, 0.1) is 12.7 Å². The van der Waals surface area contributed by atoms with E-state index in [1.54, 1.807) is 0 Å². The number of methoxy groups -OCH3 is 1. The van der Waals surface area contributed by atoms with E-state index in [1.165, 1.54) is 29.6 Å². The van der Waals surface area contributed by atoms with Gasteiger partial charge in [0.1, 0.15) is 22.3 Å². The Hall–Kier alpha value is -2.52. The molecule has 0 unspecified atom stereocenters. The fourth-order valence-electron chi connectivity index (χ4n) is 3.07. The summed E-state index contributed by atoms with van der Waals surface area (Å²) in [5.41, 5.74) is -0.192. The number of benzene rings is 2. The third-order valence-electron chi connectivity index (χ3n) is 4.53. The first kappa shape index (κ1) is 20.2. The van der Waals surface area contributed by atoms with Crippen molar-refractivity contribution >= 4 is 21.6 Å². The quantitative estimate of drug-likeness (QED) is 0.820. The number of halogens is 2. The molecule has 2 aromatic rings. The maximum atomic E-state index is 13.8. The molecule has 1 N–H and O–H groups in total. The lowest BCUT2D eigenvalue weighted by atomic mass is 10.2. The van der Waals surface area contributed by atoms with Crippen molar-refractivity contribution in [2.24, 2.45) is 0 Å². The summed E-state index contributed by atoms with van der Waals surface area (Å²) in [4.78, 5) is 12.2. The van der Waals surface area contributed by atoms with E-state index in [-0.39, 0.29) is 21.9 Å². The normalized spacial score (nSPS) is 15.2. The molecular formula is C19H20F2N2O4S. The third-order valence-corrected chi connectivity index (χ3v) is 6.45. The molecule has 0 saturated carbocycles. The molecule has 6 nitrogen and oxygen atoms in total. The van der Waals surface area contributed by atoms with Crippen LogP contribution in [0.5, 0.6) is 5.75 Å². The molecule has 9 heteroatoms. The lowest BCUT2D eigenvalue weighted by molar-refractivity contribution is 0.102. The first-order chi connectivity index (χ1) is 13.3. The zero-order valence-electron chi connectivity index (χ0n) is 15.2. The van der Waals surface area contributed by atoms with Gasteiger partial charge < -0.3 is 10.1 Å². The molecule has 2 aromatic carbocycles.